The lowest BCUT2D eigenvalue weighted by molar-refractivity contribution is 0.472. The quantitative estimate of drug-likeness (QED) is 0.304. The minimum Gasteiger partial charge on any atom is -0.507 e. The van der Waals surface area contributed by atoms with E-state index in [1.165, 1.54) is 12.1 Å². The molecule has 0 saturated heterocycles. The Kier molecular flexibility index (Phi) is 4.72. The van der Waals surface area contributed by atoms with E-state index in [2.05, 4.69) is 4.72 Å². The fourth-order valence-electron chi connectivity index (χ4n) is 3.98. The number of fused-ring (bicyclic) bond motifs is 2. The number of phenolic OH excluding ortho intramolecular Hbond substituents is 2. The molecule has 0 saturated carbocycles. The summed E-state index contributed by atoms with van der Waals surface area (Å²) in [6.45, 7) is 0. The molecule has 0 amide bonds. The van der Waals surface area contributed by atoms with Gasteiger partial charge in [0.1, 0.15) is 11.5 Å². The van der Waals surface area contributed by atoms with Crippen molar-refractivity contribution in [1.82, 2.24) is 0 Å². The highest BCUT2D eigenvalue weighted by molar-refractivity contribution is 7.92. The van der Waals surface area contributed by atoms with Crippen molar-refractivity contribution < 1.29 is 18.6 Å². The van der Waals surface area contributed by atoms with Crippen LogP contribution in [0.2, 0.25) is 0 Å². The van der Waals surface area contributed by atoms with Crippen LogP contribution in [0.1, 0.15) is 0 Å². The summed E-state index contributed by atoms with van der Waals surface area (Å²) in [5.41, 5.74) is 1.08. The summed E-state index contributed by atoms with van der Waals surface area (Å²) in [5, 5.41) is 24.5. The summed E-state index contributed by atoms with van der Waals surface area (Å²) >= 11 is 0. The zero-order valence-electron chi connectivity index (χ0n) is 16.9. The average Bonchev–Trinajstić information content (AvgIpc) is 2.82. The number of hydrogen-bond acceptors (Lipinski definition) is 4. The first kappa shape index (κ1) is 19.9. The summed E-state index contributed by atoms with van der Waals surface area (Å²) in [5.74, 6) is -0.0407. The number of aromatic hydroxyl groups is 2. The maximum Gasteiger partial charge on any atom is 0.261 e. The highest BCUT2D eigenvalue weighted by Crippen LogP contribution is 2.46. The molecule has 0 bridgehead atoms. The lowest BCUT2D eigenvalue weighted by atomic mass is 9.93. The van der Waals surface area contributed by atoms with Gasteiger partial charge in [0.15, 0.2) is 0 Å². The number of rotatable bonds is 4. The van der Waals surface area contributed by atoms with Crippen molar-refractivity contribution in [2.75, 3.05) is 4.72 Å². The summed E-state index contributed by atoms with van der Waals surface area (Å²) in [6, 6.07) is 27.5. The largest absolute Gasteiger partial charge is 0.507 e. The van der Waals surface area contributed by atoms with Gasteiger partial charge in [0.25, 0.3) is 10.0 Å². The topological polar surface area (TPSA) is 86.6 Å². The van der Waals surface area contributed by atoms with Crippen LogP contribution in [0.5, 0.6) is 11.5 Å². The molecule has 5 rings (SSSR count). The first-order valence-corrected chi connectivity index (χ1v) is 11.5. The van der Waals surface area contributed by atoms with E-state index in [4.69, 9.17) is 0 Å². The van der Waals surface area contributed by atoms with Gasteiger partial charge < -0.3 is 10.2 Å². The van der Waals surface area contributed by atoms with Crippen molar-refractivity contribution in [3.63, 3.8) is 0 Å². The second-order valence-corrected chi connectivity index (χ2v) is 9.15. The van der Waals surface area contributed by atoms with Crippen LogP contribution >= 0.6 is 0 Å². The smallest absolute Gasteiger partial charge is 0.261 e. The molecule has 0 fully saturated rings. The number of phenols is 2. The van der Waals surface area contributed by atoms with Crippen molar-refractivity contribution >= 4 is 37.3 Å². The normalized spacial score (nSPS) is 11.6. The van der Waals surface area contributed by atoms with E-state index in [9.17, 15) is 18.6 Å². The fraction of sp³-hybridized carbons (Fsp3) is 0. The van der Waals surface area contributed by atoms with Gasteiger partial charge in [-0.2, -0.15) is 0 Å². The predicted molar refractivity (Wildman–Crippen MR) is 127 cm³/mol. The fourth-order valence-corrected chi connectivity index (χ4v) is 5.07. The van der Waals surface area contributed by atoms with Gasteiger partial charge in [0.2, 0.25) is 0 Å². The maximum absolute atomic E-state index is 13.0. The molecule has 0 radical (unpaired) electrons. The minimum absolute atomic E-state index is 0.00820. The molecule has 0 aliphatic rings. The first-order valence-electron chi connectivity index (χ1n) is 9.99. The van der Waals surface area contributed by atoms with Crippen molar-refractivity contribution in [3.8, 4) is 22.6 Å². The second-order valence-electron chi connectivity index (χ2n) is 7.47. The van der Waals surface area contributed by atoms with Crippen molar-refractivity contribution in [1.29, 1.82) is 0 Å². The molecule has 0 aliphatic heterocycles. The number of sulfonamides is 1. The monoisotopic (exact) mass is 441 g/mol. The third-order valence-electron chi connectivity index (χ3n) is 5.49. The summed E-state index contributed by atoms with van der Waals surface area (Å²) in [7, 11) is -3.86. The number of benzene rings is 5. The molecule has 0 unspecified atom stereocenters. The van der Waals surface area contributed by atoms with Crippen LogP contribution in [0.3, 0.4) is 0 Å². The highest BCUT2D eigenvalue weighted by Gasteiger charge is 2.21. The number of anilines is 1. The average molecular weight is 442 g/mol. The Bertz CT molecular complexity index is 1580. The van der Waals surface area contributed by atoms with Crippen molar-refractivity contribution in [2.45, 2.75) is 4.90 Å². The van der Waals surface area contributed by atoms with Gasteiger partial charge in [0, 0.05) is 21.9 Å². The Morgan fingerprint density at radius 2 is 1.28 bits per heavy atom. The predicted octanol–water partition coefficient (Wildman–Crippen LogP) is 5.87. The number of hydrogen-bond donors (Lipinski definition) is 3. The van der Waals surface area contributed by atoms with Gasteiger partial charge >= 0.3 is 0 Å². The molecule has 0 aromatic heterocycles. The van der Waals surface area contributed by atoms with Gasteiger partial charge in [-0.05, 0) is 35.0 Å². The standard InChI is InChI=1S/C26H19NO4S/c28-24-15-14-17-8-4-5-11-19(17)25(24)22-16-23(20-12-6-7-13-21(20)26(22)29)27-32(30,31)18-9-2-1-3-10-18/h1-16,27-29H. The Balaban J connectivity index is 1.79. The van der Waals surface area contributed by atoms with Crippen molar-refractivity contribution in [3.05, 3.63) is 97.1 Å². The van der Waals surface area contributed by atoms with E-state index in [0.29, 0.717) is 27.6 Å². The molecule has 6 heteroatoms. The lowest BCUT2D eigenvalue weighted by Crippen LogP contribution is -2.13. The van der Waals surface area contributed by atoms with E-state index < -0.39 is 10.0 Å². The van der Waals surface area contributed by atoms with Crippen LogP contribution in [0.4, 0.5) is 5.69 Å². The molecule has 5 nitrogen and oxygen atoms in total. The minimum atomic E-state index is -3.86. The summed E-state index contributed by atoms with van der Waals surface area (Å²) in [4.78, 5) is 0.131. The molecular formula is C26H19NO4S. The zero-order valence-corrected chi connectivity index (χ0v) is 17.7. The van der Waals surface area contributed by atoms with Gasteiger partial charge in [-0.25, -0.2) is 8.42 Å². The Morgan fingerprint density at radius 1 is 0.656 bits per heavy atom. The summed E-state index contributed by atoms with van der Waals surface area (Å²) < 4.78 is 28.7. The van der Waals surface area contributed by atoms with Crippen LogP contribution in [0.25, 0.3) is 32.7 Å². The van der Waals surface area contributed by atoms with E-state index in [-0.39, 0.29) is 16.4 Å². The number of nitrogens with one attached hydrogen (secondary N) is 1. The molecular weight excluding hydrogens is 422 g/mol. The molecule has 0 aliphatic carbocycles. The molecule has 5 aromatic rings. The Labute approximate surface area is 185 Å². The van der Waals surface area contributed by atoms with Crippen LogP contribution < -0.4 is 4.72 Å². The Morgan fingerprint density at radius 3 is 2.03 bits per heavy atom. The molecule has 3 N–H and O–H groups in total. The molecule has 0 atom stereocenters. The Hall–Kier alpha value is -4.03. The van der Waals surface area contributed by atoms with Crippen molar-refractivity contribution in [2.24, 2.45) is 0 Å². The SMILES string of the molecule is O=S(=O)(Nc1cc(-c2c(O)ccc3ccccc23)c(O)c2ccccc12)c1ccccc1. The van der Waals surface area contributed by atoms with Gasteiger partial charge in [0.05, 0.1) is 10.6 Å². The molecule has 5 aromatic carbocycles. The summed E-state index contributed by atoms with van der Waals surface area (Å²) in [6.07, 6.45) is 0. The van der Waals surface area contributed by atoms with E-state index in [0.717, 1.165) is 10.8 Å². The molecule has 32 heavy (non-hydrogen) atoms. The highest BCUT2D eigenvalue weighted by atomic mass is 32.2. The van der Waals surface area contributed by atoms with Gasteiger partial charge in [-0.15, -0.1) is 0 Å². The molecule has 0 spiro atoms. The van der Waals surface area contributed by atoms with Crippen LogP contribution in [0, 0.1) is 0 Å². The van der Waals surface area contributed by atoms with E-state index >= 15 is 0 Å². The van der Waals surface area contributed by atoms with E-state index in [1.54, 1.807) is 60.7 Å². The van der Waals surface area contributed by atoms with E-state index in [1.807, 2.05) is 24.3 Å². The third-order valence-corrected chi connectivity index (χ3v) is 6.87. The van der Waals surface area contributed by atoms with Crippen LogP contribution in [-0.4, -0.2) is 18.6 Å². The molecule has 0 heterocycles. The molecule has 158 valence electrons. The van der Waals surface area contributed by atoms with Gasteiger partial charge in [-0.1, -0.05) is 72.8 Å². The first-order chi connectivity index (χ1) is 15.5. The van der Waals surface area contributed by atoms with Crippen LogP contribution in [0.15, 0.2) is 102 Å². The second kappa shape index (κ2) is 7.59. The maximum atomic E-state index is 13.0. The zero-order chi connectivity index (χ0) is 22.3. The lowest BCUT2D eigenvalue weighted by Gasteiger charge is -2.17. The van der Waals surface area contributed by atoms with Gasteiger partial charge in [-0.3, -0.25) is 4.72 Å². The third kappa shape index (κ3) is 3.31. The van der Waals surface area contributed by atoms with Crippen LogP contribution in [-0.2, 0) is 10.0 Å².